The maximum Gasteiger partial charge on any atom is 0.340 e. The average Bonchev–Trinajstić information content (AvgIpc) is 2.99. The van der Waals surface area contributed by atoms with E-state index < -0.39 is 0 Å². The van der Waals surface area contributed by atoms with Gasteiger partial charge in [-0.3, -0.25) is 0 Å². The lowest BCUT2D eigenvalue weighted by molar-refractivity contribution is 0.0527. The Labute approximate surface area is 169 Å². The Balaban J connectivity index is 1.88. The molecule has 0 aliphatic carbocycles. The van der Waals surface area contributed by atoms with Crippen molar-refractivity contribution in [3.05, 3.63) is 71.9 Å². The fourth-order valence-corrected chi connectivity index (χ4v) is 4.39. The molecule has 0 amide bonds. The van der Waals surface area contributed by atoms with Crippen LogP contribution in [0, 0.1) is 0 Å². The molecule has 28 heavy (non-hydrogen) atoms. The summed E-state index contributed by atoms with van der Waals surface area (Å²) in [6.45, 7) is 2.22. The van der Waals surface area contributed by atoms with Gasteiger partial charge in [-0.05, 0) is 47.2 Å². The summed E-state index contributed by atoms with van der Waals surface area (Å²) in [5.74, 6) is 0.528. The van der Waals surface area contributed by atoms with Crippen molar-refractivity contribution in [1.82, 2.24) is 4.57 Å². The van der Waals surface area contributed by atoms with E-state index in [2.05, 4.69) is 65.2 Å². The first-order valence-electron chi connectivity index (χ1n) is 9.40. The highest BCUT2D eigenvalue weighted by Gasteiger charge is 2.22. The molecule has 0 radical (unpaired) electrons. The van der Waals surface area contributed by atoms with Crippen LogP contribution < -0.4 is 0 Å². The predicted molar refractivity (Wildman–Crippen MR) is 119 cm³/mol. The van der Waals surface area contributed by atoms with E-state index in [4.69, 9.17) is 4.74 Å². The van der Waals surface area contributed by atoms with Gasteiger partial charge in [0.05, 0.1) is 12.2 Å². The maximum atomic E-state index is 12.6. The van der Waals surface area contributed by atoms with E-state index in [1.165, 1.54) is 16.3 Å². The van der Waals surface area contributed by atoms with Crippen molar-refractivity contribution in [2.75, 3.05) is 12.9 Å². The zero-order valence-electron chi connectivity index (χ0n) is 16.4. The van der Waals surface area contributed by atoms with Gasteiger partial charge in [0.25, 0.3) is 0 Å². The summed E-state index contributed by atoms with van der Waals surface area (Å²) >= 11 is 1.71. The first-order valence-corrected chi connectivity index (χ1v) is 10.8. The highest BCUT2D eigenvalue weighted by atomic mass is 32.2. The maximum absolute atomic E-state index is 12.6. The molecule has 0 saturated heterocycles. The summed E-state index contributed by atoms with van der Waals surface area (Å²) in [5, 5.41) is 3.41. The number of nitrogens with zero attached hydrogens (tertiary/aromatic N) is 1. The fraction of sp³-hybridized carbons (Fsp3) is 0.208. The quantitative estimate of drug-likeness (QED) is 0.390. The second-order valence-electron chi connectivity index (χ2n) is 6.83. The zero-order chi connectivity index (χ0) is 19.7. The third-order valence-electron chi connectivity index (χ3n) is 5.17. The lowest BCUT2D eigenvalue weighted by Gasteiger charge is -2.06. The first-order chi connectivity index (χ1) is 13.6. The van der Waals surface area contributed by atoms with Crippen LogP contribution in [0.3, 0.4) is 0 Å². The second kappa shape index (κ2) is 7.72. The van der Waals surface area contributed by atoms with E-state index in [1.54, 1.807) is 11.8 Å². The van der Waals surface area contributed by atoms with E-state index >= 15 is 0 Å². The van der Waals surface area contributed by atoms with Crippen molar-refractivity contribution in [3.8, 4) is 11.1 Å². The summed E-state index contributed by atoms with van der Waals surface area (Å²) < 4.78 is 7.47. The minimum atomic E-state index is -0.240. The van der Waals surface area contributed by atoms with Crippen LogP contribution >= 0.6 is 11.8 Å². The predicted octanol–water partition coefficient (Wildman–Crippen LogP) is 6.04. The van der Waals surface area contributed by atoms with Crippen molar-refractivity contribution in [1.29, 1.82) is 0 Å². The molecule has 0 saturated carbocycles. The molecule has 0 bridgehead atoms. The smallest absolute Gasteiger partial charge is 0.340 e. The molecule has 142 valence electrons. The molecule has 4 aromatic rings. The molecule has 3 nitrogen and oxygen atoms in total. The SMILES string of the molecule is CCOC(=O)c1c(CSC)n(C)c2cc(-c3ccc4ccccc4c3)ccc12. The number of hydrogen-bond acceptors (Lipinski definition) is 3. The van der Waals surface area contributed by atoms with Crippen LogP contribution in [-0.4, -0.2) is 23.4 Å². The molecule has 1 aromatic heterocycles. The Kier molecular flexibility index (Phi) is 5.14. The van der Waals surface area contributed by atoms with Crippen molar-refractivity contribution in [2.45, 2.75) is 12.7 Å². The molecule has 1 heterocycles. The number of carbonyl (C=O) groups excluding carboxylic acids is 1. The highest BCUT2D eigenvalue weighted by molar-refractivity contribution is 7.97. The summed E-state index contributed by atoms with van der Waals surface area (Å²) in [6.07, 6.45) is 2.05. The monoisotopic (exact) mass is 389 g/mol. The van der Waals surface area contributed by atoms with Gasteiger partial charge in [-0.15, -0.1) is 0 Å². The molecular formula is C24H23NO2S. The first kappa shape index (κ1) is 18.6. The average molecular weight is 390 g/mol. The number of rotatable bonds is 5. The summed E-state index contributed by atoms with van der Waals surface area (Å²) in [5.41, 5.74) is 5.07. The van der Waals surface area contributed by atoms with E-state index in [1.807, 2.05) is 20.2 Å². The number of aryl methyl sites for hydroxylation is 1. The molecule has 4 rings (SSSR count). The van der Waals surface area contributed by atoms with Crippen LogP contribution in [-0.2, 0) is 17.5 Å². The van der Waals surface area contributed by atoms with Gasteiger partial charge in [0.1, 0.15) is 0 Å². The van der Waals surface area contributed by atoms with Gasteiger partial charge >= 0.3 is 5.97 Å². The molecule has 0 atom stereocenters. The van der Waals surface area contributed by atoms with E-state index in [9.17, 15) is 4.79 Å². The molecular weight excluding hydrogens is 366 g/mol. The number of hydrogen-bond donors (Lipinski definition) is 0. The van der Waals surface area contributed by atoms with Crippen LogP contribution in [0.15, 0.2) is 60.7 Å². The largest absolute Gasteiger partial charge is 0.462 e. The number of esters is 1. The fourth-order valence-electron chi connectivity index (χ4n) is 3.77. The standard InChI is InChI=1S/C24H23NO2S/c1-4-27-24(26)23-20-12-11-19(14-21(20)25(2)22(23)15-28-3)18-10-9-16-7-5-6-8-17(16)13-18/h5-14H,4,15H2,1-3H3. The lowest BCUT2D eigenvalue weighted by Crippen LogP contribution is -2.08. The summed E-state index contributed by atoms with van der Waals surface area (Å²) in [6, 6.07) is 21.2. The van der Waals surface area contributed by atoms with Crippen LogP contribution in [0.25, 0.3) is 32.8 Å². The topological polar surface area (TPSA) is 31.2 Å². The van der Waals surface area contributed by atoms with Crippen molar-refractivity contribution in [2.24, 2.45) is 7.05 Å². The van der Waals surface area contributed by atoms with Crippen LogP contribution in [0.2, 0.25) is 0 Å². The number of benzene rings is 3. The van der Waals surface area contributed by atoms with Gasteiger partial charge in [0.15, 0.2) is 0 Å². The molecule has 0 aliphatic heterocycles. The Hall–Kier alpha value is -2.72. The van der Waals surface area contributed by atoms with Gasteiger partial charge in [-0.25, -0.2) is 4.79 Å². The molecule has 0 unspecified atom stereocenters. The van der Waals surface area contributed by atoms with Gasteiger partial charge in [-0.1, -0.05) is 48.5 Å². The number of carbonyl (C=O) groups is 1. The van der Waals surface area contributed by atoms with E-state index in [-0.39, 0.29) is 5.97 Å². The number of aromatic nitrogens is 1. The number of thioether (sulfide) groups is 1. The minimum absolute atomic E-state index is 0.240. The Morgan fingerprint density at radius 1 is 1.00 bits per heavy atom. The van der Waals surface area contributed by atoms with Gasteiger partial charge in [-0.2, -0.15) is 11.8 Å². The molecule has 0 fully saturated rings. The minimum Gasteiger partial charge on any atom is -0.462 e. The molecule has 0 N–H and O–H groups in total. The van der Waals surface area contributed by atoms with Crippen molar-refractivity contribution < 1.29 is 9.53 Å². The molecule has 4 heteroatoms. The Morgan fingerprint density at radius 2 is 1.71 bits per heavy atom. The van der Waals surface area contributed by atoms with Crippen LogP contribution in [0.5, 0.6) is 0 Å². The Morgan fingerprint density at radius 3 is 2.46 bits per heavy atom. The van der Waals surface area contributed by atoms with Gasteiger partial charge in [0, 0.05) is 29.4 Å². The second-order valence-corrected chi connectivity index (χ2v) is 7.69. The lowest BCUT2D eigenvalue weighted by atomic mass is 10.00. The third kappa shape index (κ3) is 3.18. The van der Waals surface area contributed by atoms with Crippen molar-refractivity contribution >= 4 is 39.4 Å². The van der Waals surface area contributed by atoms with Crippen LogP contribution in [0.1, 0.15) is 23.0 Å². The third-order valence-corrected chi connectivity index (χ3v) is 5.73. The summed E-state index contributed by atoms with van der Waals surface area (Å²) in [4.78, 5) is 12.6. The molecule has 3 aromatic carbocycles. The van der Waals surface area contributed by atoms with E-state index in [0.29, 0.717) is 12.2 Å². The summed E-state index contributed by atoms with van der Waals surface area (Å²) in [7, 11) is 2.03. The highest BCUT2D eigenvalue weighted by Crippen LogP contribution is 2.33. The van der Waals surface area contributed by atoms with Crippen LogP contribution in [0.4, 0.5) is 0 Å². The number of ether oxygens (including phenoxy) is 1. The van der Waals surface area contributed by atoms with E-state index in [0.717, 1.165) is 27.9 Å². The zero-order valence-corrected chi connectivity index (χ0v) is 17.2. The molecule has 0 spiro atoms. The molecule has 0 aliphatic rings. The Bertz CT molecular complexity index is 1180. The van der Waals surface area contributed by atoms with Gasteiger partial charge < -0.3 is 9.30 Å². The number of fused-ring (bicyclic) bond motifs is 2. The van der Waals surface area contributed by atoms with Gasteiger partial charge in [0.2, 0.25) is 0 Å². The normalized spacial score (nSPS) is 11.2. The van der Waals surface area contributed by atoms with Crippen molar-refractivity contribution in [3.63, 3.8) is 0 Å².